The van der Waals surface area contributed by atoms with Gasteiger partial charge in [-0.05, 0) is 48.2 Å². The van der Waals surface area contributed by atoms with Crippen LogP contribution in [0.5, 0.6) is 11.5 Å². The van der Waals surface area contributed by atoms with Crippen LogP contribution >= 0.6 is 10.9 Å². The quantitative estimate of drug-likeness (QED) is 0.187. The van der Waals surface area contributed by atoms with Gasteiger partial charge in [-0.3, -0.25) is 9.11 Å². The highest BCUT2D eigenvalue weighted by molar-refractivity contribution is 8.19. The second kappa shape index (κ2) is 8.19. The molecule has 3 rings (SSSR count). The molecule has 0 amide bonds. The molecule has 0 unspecified atom stereocenters. The fourth-order valence-corrected chi connectivity index (χ4v) is 4.94. The Morgan fingerprint density at radius 1 is 0.758 bits per heavy atom. The summed E-state index contributed by atoms with van der Waals surface area (Å²) in [7, 11) is -14.2. The van der Waals surface area contributed by atoms with Gasteiger partial charge in [0.05, 0.1) is 9.79 Å². The maximum atomic E-state index is 11.9. The van der Waals surface area contributed by atoms with Crippen molar-refractivity contribution in [3.63, 3.8) is 0 Å². The molecule has 0 spiro atoms. The fraction of sp³-hybridized carbons (Fsp3) is 0.0588. The maximum Gasteiger partial charge on any atom is 0.296 e. The molecule has 178 valence electrons. The lowest BCUT2D eigenvalue weighted by molar-refractivity contribution is 0.376. The number of fused-ring (bicyclic) bond motifs is 1. The van der Waals surface area contributed by atoms with Crippen LogP contribution in [0.2, 0.25) is 0 Å². The van der Waals surface area contributed by atoms with Crippen LogP contribution in [0.3, 0.4) is 0 Å². The molecule has 0 saturated heterocycles. The Bertz CT molecular complexity index is 1530. The highest BCUT2D eigenvalue weighted by Gasteiger charge is 2.28. The van der Waals surface area contributed by atoms with Gasteiger partial charge in [0.25, 0.3) is 20.2 Å². The number of hydrogen-bond acceptors (Lipinski definition) is 11. The number of hydrogen-bond donors (Lipinski definition) is 7. The van der Waals surface area contributed by atoms with Crippen molar-refractivity contribution in [3.8, 4) is 11.5 Å². The van der Waals surface area contributed by atoms with Gasteiger partial charge < -0.3 is 23.9 Å². The van der Waals surface area contributed by atoms with Crippen molar-refractivity contribution in [1.29, 1.82) is 0 Å². The van der Waals surface area contributed by atoms with Crippen LogP contribution in [0.1, 0.15) is 5.56 Å². The van der Waals surface area contributed by atoms with E-state index in [1.807, 2.05) is 0 Å². The number of azo groups is 1. The van der Waals surface area contributed by atoms with Crippen molar-refractivity contribution in [2.24, 2.45) is 10.2 Å². The Labute approximate surface area is 188 Å². The number of phenols is 2. The van der Waals surface area contributed by atoms with Crippen molar-refractivity contribution in [2.75, 3.05) is 0 Å². The summed E-state index contributed by atoms with van der Waals surface area (Å²) >= 11 is 0. The van der Waals surface area contributed by atoms with Crippen LogP contribution in [0.4, 0.5) is 11.4 Å². The molecule has 0 saturated carbocycles. The van der Waals surface area contributed by atoms with E-state index in [0.29, 0.717) is 11.6 Å². The monoisotopic (exact) mass is 520 g/mol. The molecule has 3 aromatic carbocycles. The number of benzene rings is 3. The van der Waals surface area contributed by atoms with Crippen LogP contribution in [0.15, 0.2) is 61.3 Å². The van der Waals surface area contributed by atoms with Gasteiger partial charge in [0, 0.05) is 5.39 Å². The molecule has 0 radical (unpaired) electrons. The van der Waals surface area contributed by atoms with E-state index in [-0.39, 0.29) is 5.39 Å². The first-order valence-corrected chi connectivity index (χ1v) is 12.9. The third kappa shape index (κ3) is 5.07. The van der Waals surface area contributed by atoms with E-state index in [1.54, 1.807) is 0 Å². The lowest BCUT2D eigenvalue weighted by Gasteiger charge is -2.23. The van der Waals surface area contributed by atoms with Crippen LogP contribution in [-0.2, 0) is 20.2 Å². The van der Waals surface area contributed by atoms with Gasteiger partial charge in [-0.15, -0.1) is 10.2 Å². The molecule has 0 bridgehead atoms. The summed E-state index contributed by atoms with van der Waals surface area (Å²) in [6.45, 7) is 1.48. The molecular weight excluding hydrogens is 504 g/mol. The molecule has 16 heteroatoms. The van der Waals surface area contributed by atoms with Gasteiger partial charge in [0.1, 0.15) is 32.9 Å². The van der Waals surface area contributed by atoms with Crippen molar-refractivity contribution in [3.05, 3.63) is 42.0 Å². The van der Waals surface area contributed by atoms with Gasteiger partial charge in [0.2, 0.25) is 0 Å². The molecule has 7 N–H and O–H groups in total. The molecule has 0 aliphatic carbocycles. The zero-order chi connectivity index (χ0) is 24.9. The summed E-state index contributed by atoms with van der Waals surface area (Å²) in [5, 5.41) is 27.0. The predicted octanol–water partition coefficient (Wildman–Crippen LogP) is 4.05. The van der Waals surface area contributed by atoms with E-state index in [0.717, 1.165) is 24.3 Å². The Balaban J connectivity index is 2.37. The largest absolute Gasteiger partial charge is 0.506 e. The summed E-state index contributed by atoms with van der Waals surface area (Å²) in [5.41, 5.74) is -1.15. The van der Waals surface area contributed by atoms with E-state index in [1.165, 1.54) is 13.0 Å². The van der Waals surface area contributed by atoms with E-state index in [4.69, 9.17) is 4.55 Å². The van der Waals surface area contributed by atoms with Gasteiger partial charge in [0.15, 0.2) is 5.75 Å². The van der Waals surface area contributed by atoms with Crippen LogP contribution in [0, 0.1) is 6.92 Å². The first-order chi connectivity index (χ1) is 15.0. The van der Waals surface area contributed by atoms with Gasteiger partial charge in [-0.2, -0.15) is 16.8 Å². The van der Waals surface area contributed by atoms with Crippen LogP contribution in [0.25, 0.3) is 10.8 Å². The minimum atomic E-state index is -5.05. The van der Waals surface area contributed by atoms with Crippen molar-refractivity contribution < 1.29 is 49.8 Å². The van der Waals surface area contributed by atoms with Crippen molar-refractivity contribution in [1.82, 2.24) is 0 Å². The molecular formula is C17H16N2O11S3. The SMILES string of the molecule is Cc1cc(S(O)(O)O)c2c(O)c(N=Nc3cc(S(=O)(=O)O)ccc3O)c(S(=O)(=O)O)cc2c1. The van der Waals surface area contributed by atoms with Gasteiger partial charge in [-0.25, -0.2) is 0 Å². The van der Waals surface area contributed by atoms with Crippen molar-refractivity contribution >= 4 is 53.3 Å². The predicted molar refractivity (Wildman–Crippen MR) is 116 cm³/mol. The molecule has 33 heavy (non-hydrogen) atoms. The highest BCUT2D eigenvalue weighted by Crippen LogP contribution is 2.53. The van der Waals surface area contributed by atoms with Crippen LogP contribution in [-0.4, -0.2) is 49.8 Å². The van der Waals surface area contributed by atoms with Gasteiger partial charge >= 0.3 is 0 Å². The van der Waals surface area contributed by atoms with E-state index in [9.17, 15) is 45.3 Å². The van der Waals surface area contributed by atoms with Crippen LogP contribution < -0.4 is 0 Å². The lowest BCUT2D eigenvalue weighted by Crippen LogP contribution is -2.02. The standard InChI is InChI=1S/C17H16N2O11S3/c1-8-4-9-6-14(33(28,29)30)16(17(21)15(9)13(5-8)32(25,26)27)19-18-11-7-10(31(22,23)24)2-3-12(11)20/h2-7,20-21,25-27H,1H3,(H,22,23,24)(H,28,29,30). The summed E-state index contributed by atoms with van der Waals surface area (Å²) in [4.78, 5) is -2.21. The lowest BCUT2D eigenvalue weighted by atomic mass is 10.1. The van der Waals surface area contributed by atoms with E-state index >= 15 is 0 Å². The van der Waals surface area contributed by atoms with E-state index < -0.39 is 74.1 Å². The highest BCUT2D eigenvalue weighted by atomic mass is 32.3. The normalized spacial score (nSPS) is 13.6. The Morgan fingerprint density at radius 3 is 1.94 bits per heavy atom. The number of aryl methyl sites for hydroxylation is 1. The Morgan fingerprint density at radius 2 is 1.39 bits per heavy atom. The maximum absolute atomic E-state index is 11.9. The number of nitrogens with zero attached hydrogens (tertiary/aromatic N) is 2. The first-order valence-electron chi connectivity index (χ1n) is 8.51. The van der Waals surface area contributed by atoms with E-state index in [2.05, 4.69) is 10.2 Å². The van der Waals surface area contributed by atoms with Crippen molar-refractivity contribution in [2.45, 2.75) is 21.6 Å². The second-order valence-corrected chi connectivity index (χ2v) is 11.0. The third-order valence-corrected chi connectivity index (χ3v) is 6.96. The molecule has 3 aromatic rings. The zero-order valence-electron chi connectivity index (χ0n) is 16.3. The average Bonchev–Trinajstić information content (AvgIpc) is 2.65. The summed E-state index contributed by atoms with van der Waals surface area (Å²) in [6.07, 6.45) is 0. The smallest absolute Gasteiger partial charge is 0.296 e. The number of aromatic hydroxyl groups is 2. The number of phenolic OH excluding ortho intramolecular Hbond substituents is 2. The Hall–Kier alpha value is -2.83. The molecule has 0 fully saturated rings. The zero-order valence-corrected chi connectivity index (χ0v) is 18.8. The minimum Gasteiger partial charge on any atom is -0.506 e. The second-order valence-electron chi connectivity index (χ2n) is 6.75. The molecule has 13 nitrogen and oxygen atoms in total. The van der Waals surface area contributed by atoms with Gasteiger partial charge in [-0.1, -0.05) is 6.07 Å². The average molecular weight is 521 g/mol. The molecule has 0 aliphatic rings. The molecule has 0 heterocycles. The topological polar surface area (TPSA) is 235 Å². The number of rotatable bonds is 5. The molecule has 0 atom stereocenters. The summed E-state index contributed by atoms with van der Waals surface area (Å²) in [6, 6.07) is 5.66. The Kier molecular flexibility index (Phi) is 6.15. The first kappa shape index (κ1) is 24.8. The summed E-state index contributed by atoms with van der Waals surface area (Å²) < 4.78 is 94.4. The molecule has 0 aliphatic heterocycles. The molecule has 0 aromatic heterocycles. The summed E-state index contributed by atoms with van der Waals surface area (Å²) in [5.74, 6) is -1.67. The minimum absolute atomic E-state index is 0.112. The fourth-order valence-electron chi connectivity index (χ4n) is 2.95. The third-order valence-electron chi connectivity index (χ3n) is 4.33.